The van der Waals surface area contributed by atoms with Crippen LogP contribution < -0.4 is 20.5 Å². The van der Waals surface area contributed by atoms with E-state index in [2.05, 4.69) is 20.0 Å². The number of rotatable bonds is 8. The molecule has 0 aliphatic heterocycles. The summed E-state index contributed by atoms with van der Waals surface area (Å²) in [6, 6.07) is 20.1. The molecule has 0 unspecified atom stereocenters. The molecule has 0 fully saturated rings. The van der Waals surface area contributed by atoms with Crippen molar-refractivity contribution in [1.29, 1.82) is 0 Å². The van der Waals surface area contributed by atoms with Gasteiger partial charge in [0.2, 0.25) is 5.95 Å². The Morgan fingerprint density at radius 1 is 1.03 bits per heavy atom. The van der Waals surface area contributed by atoms with Crippen LogP contribution in [0.15, 0.2) is 82.6 Å². The third-order valence-electron chi connectivity index (χ3n) is 5.31. The highest BCUT2D eigenvalue weighted by molar-refractivity contribution is 5.80. The first-order valence-electron chi connectivity index (χ1n) is 11.1. The van der Waals surface area contributed by atoms with E-state index in [0.29, 0.717) is 23.1 Å². The van der Waals surface area contributed by atoms with Gasteiger partial charge >= 0.3 is 6.36 Å². The topological polar surface area (TPSA) is 71.8 Å². The molecular formula is C26H24F3N5O2. The zero-order chi connectivity index (χ0) is 25.7. The van der Waals surface area contributed by atoms with E-state index in [1.165, 1.54) is 28.8 Å². The fraction of sp³-hybridized carbons (Fsp3) is 0.192. The van der Waals surface area contributed by atoms with Crippen molar-refractivity contribution in [3.8, 4) is 5.75 Å². The molecule has 0 amide bonds. The second-order valence-corrected chi connectivity index (χ2v) is 8.13. The quantitative estimate of drug-likeness (QED) is 0.339. The van der Waals surface area contributed by atoms with E-state index < -0.39 is 6.36 Å². The van der Waals surface area contributed by atoms with Gasteiger partial charge in [0.15, 0.2) is 0 Å². The van der Waals surface area contributed by atoms with Crippen molar-refractivity contribution in [2.24, 2.45) is 4.99 Å². The standard InChI is InChI=1S/C26H24F3N5O2/c1-33(2)20-11-7-18(8-12-20)17-30-15-16-34-24(35)22-5-3-4-6-23(22)32-25(34)31-19-9-13-21(14-10-19)36-26(27,28)29/h3-14,17H,15-16H2,1-2H3,(H,31,32). The number of nitrogens with zero attached hydrogens (tertiary/aromatic N) is 4. The average Bonchev–Trinajstić information content (AvgIpc) is 2.84. The Labute approximate surface area is 205 Å². The van der Waals surface area contributed by atoms with Gasteiger partial charge < -0.3 is 15.0 Å². The molecule has 186 valence electrons. The Kier molecular flexibility index (Phi) is 7.23. The minimum atomic E-state index is -4.77. The predicted octanol–water partition coefficient (Wildman–Crippen LogP) is 5.22. The molecule has 0 bridgehead atoms. The molecule has 0 spiro atoms. The average molecular weight is 496 g/mol. The lowest BCUT2D eigenvalue weighted by Crippen LogP contribution is -2.25. The molecule has 1 aromatic heterocycles. The highest BCUT2D eigenvalue weighted by atomic mass is 19.4. The predicted molar refractivity (Wildman–Crippen MR) is 136 cm³/mol. The summed E-state index contributed by atoms with van der Waals surface area (Å²) in [6.45, 7) is 0.572. The third-order valence-corrected chi connectivity index (χ3v) is 5.31. The van der Waals surface area contributed by atoms with Crippen LogP contribution in [0.4, 0.5) is 30.5 Å². The summed E-state index contributed by atoms with van der Waals surface area (Å²) in [5, 5.41) is 3.49. The SMILES string of the molecule is CN(C)c1ccc(C=NCCn2c(Nc3ccc(OC(F)(F)F)cc3)nc3ccccc3c2=O)cc1. The van der Waals surface area contributed by atoms with Crippen LogP contribution in [-0.4, -0.2) is 42.8 Å². The van der Waals surface area contributed by atoms with Crippen LogP contribution in [-0.2, 0) is 6.54 Å². The number of benzene rings is 3. The highest BCUT2D eigenvalue weighted by Gasteiger charge is 2.31. The van der Waals surface area contributed by atoms with E-state index in [1.807, 2.05) is 43.3 Å². The lowest BCUT2D eigenvalue weighted by Gasteiger charge is -2.15. The third kappa shape index (κ3) is 6.21. The number of para-hydroxylation sites is 1. The maximum atomic E-state index is 13.2. The molecule has 4 aromatic rings. The number of hydrogen-bond donors (Lipinski definition) is 1. The van der Waals surface area contributed by atoms with Gasteiger partial charge in [0.05, 0.1) is 17.4 Å². The summed E-state index contributed by atoms with van der Waals surface area (Å²) in [4.78, 5) is 24.2. The first kappa shape index (κ1) is 24.8. The van der Waals surface area contributed by atoms with Gasteiger partial charge in [-0.05, 0) is 54.1 Å². The van der Waals surface area contributed by atoms with Crippen molar-refractivity contribution in [3.63, 3.8) is 0 Å². The van der Waals surface area contributed by atoms with Crippen molar-refractivity contribution in [2.75, 3.05) is 30.9 Å². The molecule has 1 heterocycles. The first-order chi connectivity index (χ1) is 17.2. The first-order valence-corrected chi connectivity index (χ1v) is 11.1. The van der Waals surface area contributed by atoms with Crippen LogP contribution in [0.2, 0.25) is 0 Å². The normalized spacial score (nSPS) is 11.7. The second-order valence-electron chi connectivity index (χ2n) is 8.13. The largest absolute Gasteiger partial charge is 0.573 e. The van der Waals surface area contributed by atoms with Gasteiger partial charge in [0.1, 0.15) is 5.75 Å². The molecule has 10 heteroatoms. The molecule has 0 saturated carbocycles. The second kappa shape index (κ2) is 10.5. The maximum Gasteiger partial charge on any atom is 0.573 e. The zero-order valence-electron chi connectivity index (χ0n) is 19.7. The number of ether oxygens (including phenoxy) is 1. The van der Waals surface area contributed by atoms with Gasteiger partial charge in [-0.15, -0.1) is 13.2 Å². The maximum absolute atomic E-state index is 13.2. The molecule has 0 aliphatic carbocycles. The van der Waals surface area contributed by atoms with Crippen LogP contribution in [0.3, 0.4) is 0 Å². The monoisotopic (exact) mass is 495 g/mol. The van der Waals surface area contributed by atoms with E-state index in [4.69, 9.17) is 0 Å². The summed E-state index contributed by atoms with van der Waals surface area (Å²) >= 11 is 0. The summed E-state index contributed by atoms with van der Waals surface area (Å²) in [5.41, 5.74) is 2.72. The van der Waals surface area contributed by atoms with Crippen LogP contribution in [0.25, 0.3) is 10.9 Å². The molecule has 0 aliphatic rings. The van der Waals surface area contributed by atoms with Gasteiger partial charge in [0, 0.05) is 38.2 Å². The van der Waals surface area contributed by atoms with Crippen LogP contribution in [0, 0.1) is 0 Å². The Bertz CT molecular complexity index is 1410. The van der Waals surface area contributed by atoms with Crippen molar-refractivity contribution in [1.82, 2.24) is 9.55 Å². The lowest BCUT2D eigenvalue weighted by atomic mass is 10.2. The minimum Gasteiger partial charge on any atom is -0.406 e. The number of aliphatic imine (C=N–C) groups is 1. The fourth-order valence-electron chi connectivity index (χ4n) is 3.53. The summed E-state index contributed by atoms with van der Waals surface area (Å²) in [5.74, 6) is -0.0846. The zero-order valence-corrected chi connectivity index (χ0v) is 19.7. The van der Waals surface area contributed by atoms with Crippen molar-refractivity contribution < 1.29 is 17.9 Å². The molecule has 7 nitrogen and oxygen atoms in total. The summed E-state index contributed by atoms with van der Waals surface area (Å²) < 4.78 is 42.7. The molecule has 4 rings (SSSR count). The Morgan fingerprint density at radius 2 is 1.72 bits per heavy atom. The molecule has 3 aromatic carbocycles. The van der Waals surface area contributed by atoms with Crippen molar-refractivity contribution >= 4 is 34.4 Å². The Morgan fingerprint density at radius 3 is 2.39 bits per heavy atom. The molecule has 36 heavy (non-hydrogen) atoms. The summed E-state index contributed by atoms with van der Waals surface area (Å²) in [7, 11) is 3.93. The number of alkyl halides is 3. The van der Waals surface area contributed by atoms with Gasteiger partial charge in [-0.25, -0.2) is 4.98 Å². The fourth-order valence-corrected chi connectivity index (χ4v) is 3.53. The highest BCUT2D eigenvalue weighted by Crippen LogP contribution is 2.25. The van der Waals surface area contributed by atoms with Crippen LogP contribution in [0.1, 0.15) is 5.56 Å². The Hall–Kier alpha value is -4.34. The summed E-state index contributed by atoms with van der Waals surface area (Å²) in [6.07, 6.45) is -3.03. The van der Waals surface area contributed by atoms with E-state index >= 15 is 0 Å². The number of hydrogen-bond acceptors (Lipinski definition) is 6. The Balaban J connectivity index is 1.55. The molecule has 1 N–H and O–H groups in total. The minimum absolute atomic E-state index is 0.245. The number of nitrogens with one attached hydrogen (secondary N) is 1. The van der Waals surface area contributed by atoms with Crippen molar-refractivity contribution in [2.45, 2.75) is 12.9 Å². The molecule has 0 saturated heterocycles. The van der Waals surface area contributed by atoms with Crippen LogP contribution in [0.5, 0.6) is 5.75 Å². The number of anilines is 3. The van der Waals surface area contributed by atoms with E-state index in [1.54, 1.807) is 30.5 Å². The molecule has 0 atom stereocenters. The van der Waals surface area contributed by atoms with E-state index in [-0.39, 0.29) is 23.8 Å². The number of fused-ring (bicyclic) bond motifs is 1. The smallest absolute Gasteiger partial charge is 0.406 e. The van der Waals surface area contributed by atoms with Gasteiger partial charge in [-0.3, -0.25) is 14.4 Å². The van der Waals surface area contributed by atoms with E-state index in [0.717, 1.165) is 11.3 Å². The van der Waals surface area contributed by atoms with Crippen molar-refractivity contribution in [3.05, 3.63) is 88.7 Å². The van der Waals surface area contributed by atoms with Gasteiger partial charge in [-0.2, -0.15) is 0 Å². The molecule has 0 radical (unpaired) electrons. The van der Waals surface area contributed by atoms with E-state index in [9.17, 15) is 18.0 Å². The van der Waals surface area contributed by atoms with Gasteiger partial charge in [0.25, 0.3) is 5.56 Å². The lowest BCUT2D eigenvalue weighted by molar-refractivity contribution is -0.274. The number of halogens is 3. The number of aromatic nitrogens is 2. The molecular weight excluding hydrogens is 471 g/mol. The van der Waals surface area contributed by atoms with Crippen LogP contribution >= 0.6 is 0 Å². The van der Waals surface area contributed by atoms with Gasteiger partial charge in [-0.1, -0.05) is 24.3 Å².